The molecule has 0 spiro atoms. The molecule has 5 heteroatoms. The average molecular weight is 520 g/mol. The Balaban J connectivity index is 1.48. The minimum Gasteiger partial charge on any atom is -0.309 e. The summed E-state index contributed by atoms with van der Waals surface area (Å²) in [5.41, 5.74) is 4.01. The molecule has 39 heavy (non-hydrogen) atoms. The normalized spacial score (nSPS) is 13.4. The van der Waals surface area contributed by atoms with Crippen molar-refractivity contribution in [1.29, 1.82) is 0 Å². The van der Waals surface area contributed by atoms with Crippen LogP contribution in [0.1, 0.15) is 0 Å². The SMILES string of the molecule is O=P(c1cccnc1)(c1ccc2ccccc2c1)c1ccc2c(c1)c1ccccc1n1c3ccccc3nc21. The third-order valence-electron chi connectivity index (χ3n) is 7.71. The molecule has 0 saturated heterocycles. The molecule has 8 aromatic rings. The quantitative estimate of drug-likeness (QED) is 0.187. The lowest BCUT2D eigenvalue weighted by molar-refractivity contribution is 0.592. The van der Waals surface area contributed by atoms with E-state index in [-0.39, 0.29) is 0 Å². The third kappa shape index (κ3) is 3.22. The first kappa shape index (κ1) is 22.2. The lowest BCUT2D eigenvalue weighted by Crippen LogP contribution is -2.25. The summed E-state index contributed by atoms with van der Waals surface area (Å²) in [6.07, 6.45) is 3.46. The second-order valence-electron chi connectivity index (χ2n) is 9.86. The summed E-state index contributed by atoms with van der Waals surface area (Å²) < 4.78 is 17.6. The van der Waals surface area contributed by atoms with E-state index < -0.39 is 7.14 Å². The highest BCUT2D eigenvalue weighted by Gasteiger charge is 2.31. The van der Waals surface area contributed by atoms with Crippen molar-refractivity contribution >= 4 is 72.2 Å². The third-order valence-corrected chi connectivity index (χ3v) is 10.7. The van der Waals surface area contributed by atoms with Gasteiger partial charge in [0.05, 0.1) is 16.6 Å². The lowest BCUT2D eigenvalue weighted by atomic mass is 10.1. The Morgan fingerprint density at radius 2 is 1.31 bits per heavy atom. The largest absolute Gasteiger partial charge is 0.309 e. The van der Waals surface area contributed by atoms with Crippen LogP contribution >= 0.6 is 7.14 Å². The van der Waals surface area contributed by atoms with Crippen molar-refractivity contribution in [2.75, 3.05) is 0 Å². The van der Waals surface area contributed by atoms with Crippen molar-refractivity contribution in [3.8, 4) is 0 Å². The maximum absolute atomic E-state index is 15.4. The summed E-state index contributed by atoms with van der Waals surface area (Å²) in [5, 5.41) is 7.65. The van der Waals surface area contributed by atoms with Gasteiger partial charge < -0.3 is 4.57 Å². The second kappa shape index (κ2) is 8.36. The van der Waals surface area contributed by atoms with Crippen molar-refractivity contribution in [2.45, 2.75) is 0 Å². The maximum Gasteiger partial charge on any atom is 0.172 e. The topological polar surface area (TPSA) is 47.3 Å². The standard InChI is InChI=1S/C34H22N3OP/c38-39(27-10-7-19-35-22-27,25-16-15-23-8-1-2-9-24(23)20-25)26-17-18-29-30(21-26)28-11-3-5-13-32(28)37-33-14-6-4-12-31(33)36-34(29)37/h1-22H. The van der Waals surface area contributed by atoms with Gasteiger partial charge in [-0.15, -0.1) is 0 Å². The molecule has 1 unspecified atom stereocenters. The molecule has 184 valence electrons. The van der Waals surface area contributed by atoms with E-state index in [2.05, 4.69) is 76.1 Å². The summed E-state index contributed by atoms with van der Waals surface area (Å²) in [4.78, 5) is 9.38. The highest BCUT2D eigenvalue weighted by molar-refractivity contribution is 7.85. The van der Waals surface area contributed by atoms with Gasteiger partial charge in [0.1, 0.15) is 5.65 Å². The second-order valence-corrected chi connectivity index (χ2v) is 12.6. The molecule has 8 rings (SSSR count). The highest BCUT2D eigenvalue weighted by Crippen LogP contribution is 2.44. The number of imidazole rings is 1. The van der Waals surface area contributed by atoms with Crippen LogP contribution in [-0.4, -0.2) is 14.4 Å². The van der Waals surface area contributed by atoms with Gasteiger partial charge in [-0.25, -0.2) is 4.98 Å². The summed E-state index contributed by atoms with van der Waals surface area (Å²) >= 11 is 0. The fourth-order valence-corrected chi connectivity index (χ4v) is 8.47. The van der Waals surface area contributed by atoms with Crippen LogP contribution < -0.4 is 15.9 Å². The van der Waals surface area contributed by atoms with Gasteiger partial charge in [-0.3, -0.25) is 9.38 Å². The molecule has 3 aromatic heterocycles. The van der Waals surface area contributed by atoms with E-state index in [0.29, 0.717) is 0 Å². The summed E-state index contributed by atoms with van der Waals surface area (Å²) in [6.45, 7) is 0. The number of hydrogen-bond acceptors (Lipinski definition) is 3. The van der Waals surface area contributed by atoms with E-state index in [1.54, 1.807) is 12.4 Å². The summed E-state index contributed by atoms with van der Waals surface area (Å²) in [7, 11) is -3.24. The molecule has 3 heterocycles. The van der Waals surface area contributed by atoms with Gasteiger partial charge in [-0.1, -0.05) is 72.8 Å². The highest BCUT2D eigenvalue weighted by atomic mass is 31.2. The van der Waals surface area contributed by atoms with Crippen LogP contribution in [0.3, 0.4) is 0 Å². The minimum atomic E-state index is -3.24. The summed E-state index contributed by atoms with van der Waals surface area (Å²) in [5.74, 6) is 0. The van der Waals surface area contributed by atoms with E-state index in [4.69, 9.17) is 4.98 Å². The minimum absolute atomic E-state index is 0.719. The number of benzene rings is 5. The molecule has 0 aliphatic heterocycles. The van der Waals surface area contributed by atoms with E-state index in [9.17, 15) is 0 Å². The van der Waals surface area contributed by atoms with Crippen molar-refractivity contribution in [3.05, 3.63) is 134 Å². The van der Waals surface area contributed by atoms with Crippen LogP contribution in [0.5, 0.6) is 0 Å². The van der Waals surface area contributed by atoms with Crippen molar-refractivity contribution < 1.29 is 4.57 Å². The Hall–Kier alpha value is -4.79. The van der Waals surface area contributed by atoms with Crippen LogP contribution in [-0.2, 0) is 4.57 Å². The Labute approximate surface area is 224 Å². The van der Waals surface area contributed by atoms with Crippen LogP contribution in [0, 0.1) is 0 Å². The van der Waals surface area contributed by atoms with E-state index in [0.717, 1.165) is 65.0 Å². The molecule has 0 bridgehead atoms. The van der Waals surface area contributed by atoms with Crippen LogP contribution in [0.15, 0.2) is 134 Å². The maximum atomic E-state index is 15.4. The van der Waals surface area contributed by atoms with Crippen LogP contribution in [0.4, 0.5) is 0 Å². The van der Waals surface area contributed by atoms with E-state index in [1.165, 1.54) is 0 Å². The van der Waals surface area contributed by atoms with E-state index >= 15 is 4.57 Å². The van der Waals surface area contributed by atoms with Crippen molar-refractivity contribution in [1.82, 2.24) is 14.4 Å². The Morgan fingerprint density at radius 3 is 2.18 bits per heavy atom. The number of aromatic nitrogens is 3. The molecule has 0 fully saturated rings. The van der Waals surface area contributed by atoms with Crippen molar-refractivity contribution in [3.63, 3.8) is 0 Å². The predicted octanol–water partition coefficient (Wildman–Crippen LogP) is 6.98. The zero-order valence-corrected chi connectivity index (χ0v) is 21.8. The molecule has 0 amide bonds. The first-order chi connectivity index (χ1) is 19.2. The molecule has 0 aliphatic rings. The van der Waals surface area contributed by atoms with Gasteiger partial charge in [0.15, 0.2) is 7.14 Å². The van der Waals surface area contributed by atoms with Gasteiger partial charge in [-0.05, 0) is 64.7 Å². The molecular weight excluding hydrogens is 497 g/mol. The zero-order chi connectivity index (χ0) is 26.0. The van der Waals surface area contributed by atoms with Crippen LogP contribution in [0.2, 0.25) is 0 Å². The summed E-state index contributed by atoms with van der Waals surface area (Å²) in [6, 6.07) is 40.9. The molecule has 0 aliphatic carbocycles. The van der Waals surface area contributed by atoms with Gasteiger partial charge in [0.25, 0.3) is 0 Å². The van der Waals surface area contributed by atoms with E-state index in [1.807, 2.05) is 54.6 Å². The number of hydrogen-bond donors (Lipinski definition) is 0. The van der Waals surface area contributed by atoms with Gasteiger partial charge in [0, 0.05) is 39.1 Å². The van der Waals surface area contributed by atoms with Crippen molar-refractivity contribution in [2.24, 2.45) is 0 Å². The molecule has 5 aromatic carbocycles. The Bertz CT molecular complexity index is 2270. The molecule has 0 saturated carbocycles. The molecule has 4 nitrogen and oxygen atoms in total. The van der Waals surface area contributed by atoms with Crippen LogP contribution in [0.25, 0.3) is 49.1 Å². The number of rotatable bonds is 3. The fraction of sp³-hybridized carbons (Fsp3) is 0. The van der Waals surface area contributed by atoms with Gasteiger partial charge in [0.2, 0.25) is 0 Å². The molecule has 1 atom stereocenters. The smallest absolute Gasteiger partial charge is 0.172 e. The zero-order valence-electron chi connectivity index (χ0n) is 20.9. The number of para-hydroxylation sites is 3. The molecular formula is C34H22N3OP. The van der Waals surface area contributed by atoms with Gasteiger partial charge in [-0.2, -0.15) is 0 Å². The first-order valence-corrected chi connectivity index (χ1v) is 14.6. The number of nitrogens with zero attached hydrogens (tertiary/aromatic N) is 3. The average Bonchev–Trinajstić information content (AvgIpc) is 3.41. The Morgan fingerprint density at radius 1 is 0.564 bits per heavy atom. The lowest BCUT2D eigenvalue weighted by Gasteiger charge is -2.21. The monoisotopic (exact) mass is 519 g/mol. The fourth-order valence-electron chi connectivity index (χ4n) is 5.85. The van der Waals surface area contributed by atoms with Gasteiger partial charge >= 0.3 is 0 Å². The Kier molecular flexibility index (Phi) is 4.76. The number of pyridine rings is 2. The first-order valence-electron chi connectivity index (χ1n) is 12.9. The molecule has 0 N–H and O–H groups in total. The number of fused-ring (bicyclic) bond motifs is 9. The predicted molar refractivity (Wildman–Crippen MR) is 162 cm³/mol. The molecule has 0 radical (unpaired) electrons.